The minimum Gasteiger partial charge on any atom is -0.496 e. The Hall–Kier alpha value is -1.89. The number of amides is 3. The molecule has 1 aromatic rings. The summed E-state index contributed by atoms with van der Waals surface area (Å²) in [7, 11) is 1.53. The van der Waals surface area contributed by atoms with Gasteiger partial charge < -0.3 is 9.64 Å². The summed E-state index contributed by atoms with van der Waals surface area (Å²) in [6.45, 7) is 1.45. The van der Waals surface area contributed by atoms with E-state index in [0.29, 0.717) is 15.8 Å². The van der Waals surface area contributed by atoms with Gasteiger partial charge in [-0.1, -0.05) is 0 Å². The molecule has 1 N–H and O–H groups in total. The van der Waals surface area contributed by atoms with Crippen LogP contribution in [0, 0.1) is 0 Å². The largest absolute Gasteiger partial charge is 0.496 e. The summed E-state index contributed by atoms with van der Waals surface area (Å²) in [4.78, 5) is 36.6. The highest BCUT2D eigenvalue weighted by Crippen LogP contribution is 2.26. The minimum absolute atomic E-state index is 0.130. The van der Waals surface area contributed by atoms with E-state index in [2.05, 4.69) is 21.2 Å². The number of ether oxygens (including phenoxy) is 1. The molecule has 0 aliphatic carbocycles. The Labute approximate surface area is 124 Å². The lowest BCUT2D eigenvalue weighted by Gasteiger charge is -2.31. The van der Waals surface area contributed by atoms with Gasteiger partial charge in [0.25, 0.3) is 5.91 Å². The second-order valence-corrected chi connectivity index (χ2v) is 5.23. The lowest BCUT2D eigenvalue weighted by atomic mass is 10.1. The quantitative estimate of drug-likeness (QED) is 0.813. The lowest BCUT2D eigenvalue weighted by Crippen LogP contribution is -2.58. The van der Waals surface area contributed by atoms with Crippen molar-refractivity contribution in [3.63, 3.8) is 0 Å². The molecule has 1 heterocycles. The second-order valence-electron chi connectivity index (χ2n) is 4.37. The van der Waals surface area contributed by atoms with Crippen molar-refractivity contribution < 1.29 is 19.1 Å². The fraction of sp³-hybridized carbons (Fsp3) is 0.308. The Balaban J connectivity index is 2.28. The summed E-state index contributed by atoms with van der Waals surface area (Å²) < 4.78 is 5.72. The lowest BCUT2D eigenvalue weighted by molar-refractivity contribution is -0.138. The smallest absolute Gasteiger partial charge is 0.255 e. The van der Waals surface area contributed by atoms with Gasteiger partial charge in [0.15, 0.2) is 0 Å². The fourth-order valence-corrected chi connectivity index (χ4v) is 2.47. The first kappa shape index (κ1) is 14.5. The number of hydrogen-bond donors (Lipinski definition) is 1. The molecule has 1 aromatic carbocycles. The van der Waals surface area contributed by atoms with Crippen molar-refractivity contribution in [3.05, 3.63) is 28.2 Å². The third-order valence-corrected chi connectivity index (χ3v) is 3.70. The Morgan fingerprint density at radius 2 is 2.15 bits per heavy atom. The fourth-order valence-electron chi connectivity index (χ4n) is 1.93. The van der Waals surface area contributed by atoms with Crippen LogP contribution >= 0.6 is 15.9 Å². The third kappa shape index (κ3) is 2.67. The number of methoxy groups -OCH3 is 1. The molecule has 0 saturated carbocycles. The van der Waals surface area contributed by atoms with Gasteiger partial charge in [0.05, 0.1) is 11.6 Å². The molecule has 1 saturated heterocycles. The van der Waals surface area contributed by atoms with Crippen LogP contribution in [-0.2, 0) is 9.59 Å². The van der Waals surface area contributed by atoms with Crippen molar-refractivity contribution in [2.45, 2.75) is 13.0 Å². The van der Waals surface area contributed by atoms with E-state index >= 15 is 0 Å². The van der Waals surface area contributed by atoms with Gasteiger partial charge in [-0.15, -0.1) is 0 Å². The van der Waals surface area contributed by atoms with Crippen molar-refractivity contribution in [1.82, 2.24) is 10.2 Å². The average molecular weight is 341 g/mol. The number of piperazine rings is 1. The molecular formula is C13H13BrN2O4. The highest BCUT2D eigenvalue weighted by atomic mass is 79.9. The number of nitrogens with zero attached hydrogens (tertiary/aromatic N) is 1. The first-order chi connectivity index (χ1) is 9.43. The average Bonchev–Trinajstić information content (AvgIpc) is 2.42. The van der Waals surface area contributed by atoms with Crippen LogP contribution in [0.4, 0.5) is 0 Å². The number of halogens is 1. The number of nitrogens with one attached hydrogen (secondary N) is 1. The van der Waals surface area contributed by atoms with E-state index in [9.17, 15) is 14.4 Å². The molecule has 3 amide bonds. The van der Waals surface area contributed by atoms with Crippen LogP contribution in [-0.4, -0.2) is 42.3 Å². The van der Waals surface area contributed by atoms with Crippen molar-refractivity contribution in [3.8, 4) is 5.75 Å². The highest BCUT2D eigenvalue weighted by Gasteiger charge is 2.34. The zero-order chi connectivity index (χ0) is 14.9. The Morgan fingerprint density at radius 1 is 1.45 bits per heavy atom. The maximum absolute atomic E-state index is 12.4. The first-order valence-electron chi connectivity index (χ1n) is 5.92. The first-order valence-corrected chi connectivity index (χ1v) is 6.71. The van der Waals surface area contributed by atoms with Gasteiger partial charge in [-0.25, -0.2) is 0 Å². The molecule has 106 valence electrons. The van der Waals surface area contributed by atoms with Crippen molar-refractivity contribution in [2.75, 3.05) is 13.7 Å². The number of imide groups is 1. The van der Waals surface area contributed by atoms with Gasteiger partial charge in [0, 0.05) is 5.56 Å². The highest BCUT2D eigenvalue weighted by molar-refractivity contribution is 9.10. The molecule has 1 aliphatic heterocycles. The van der Waals surface area contributed by atoms with E-state index in [1.165, 1.54) is 12.0 Å². The normalized spacial score (nSPS) is 18.8. The molecule has 1 atom stereocenters. The zero-order valence-electron chi connectivity index (χ0n) is 11.0. The van der Waals surface area contributed by atoms with Crippen molar-refractivity contribution in [2.24, 2.45) is 0 Å². The molecule has 1 aliphatic rings. The van der Waals surface area contributed by atoms with E-state index in [0.717, 1.165) is 0 Å². The molecular weight excluding hydrogens is 328 g/mol. The summed E-state index contributed by atoms with van der Waals surface area (Å²) in [6, 6.07) is 4.16. The number of rotatable bonds is 2. The van der Waals surface area contributed by atoms with Crippen molar-refractivity contribution in [1.29, 1.82) is 0 Å². The SMILES string of the molecule is COc1ccc(C(=O)N2CC(=O)NC(=O)C2C)cc1Br. The summed E-state index contributed by atoms with van der Waals surface area (Å²) >= 11 is 3.30. The Kier molecular flexibility index (Phi) is 4.08. The van der Waals surface area contributed by atoms with Crippen LogP contribution in [0.5, 0.6) is 5.75 Å². The van der Waals surface area contributed by atoms with Crippen LogP contribution < -0.4 is 10.1 Å². The van der Waals surface area contributed by atoms with Gasteiger partial charge >= 0.3 is 0 Å². The Bertz CT molecular complexity index is 588. The molecule has 7 heteroatoms. The molecule has 1 fully saturated rings. The number of benzene rings is 1. The maximum Gasteiger partial charge on any atom is 0.255 e. The van der Waals surface area contributed by atoms with Gasteiger partial charge in [0.1, 0.15) is 18.3 Å². The van der Waals surface area contributed by atoms with E-state index in [1.807, 2.05) is 0 Å². The molecule has 1 unspecified atom stereocenters. The van der Waals surface area contributed by atoms with Crippen LogP contribution in [0.15, 0.2) is 22.7 Å². The molecule has 6 nitrogen and oxygen atoms in total. The van der Waals surface area contributed by atoms with Gasteiger partial charge in [-0.2, -0.15) is 0 Å². The van der Waals surface area contributed by atoms with Gasteiger partial charge in [0.2, 0.25) is 11.8 Å². The van der Waals surface area contributed by atoms with Gasteiger partial charge in [-0.3, -0.25) is 19.7 Å². The predicted molar refractivity (Wildman–Crippen MR) is 74.3 cm³/mol. The molecule has 0 aromatic heterocycles. The van der Waals surface area contributed by atoms with E-state index < -0.39 is 17.9 Å². The zero-order valence-corrected chi connectivity index (χ0v) is 12.6. The molecule has 0 radical (unpaired) electrons. The summed E-state index contributed by atoms with van der Waals surface area (Å²) in [5, 5.41) is 2.19. The van der Waals surface area contributed by atoms with Crippen molar-refractivity contribution >= 4 is 33.7 Å². The standard InChI is InChI=1S/C13H13BrN2O4/c1-7-12(18)15-11(17)6-16(7)13(19)8-3-4-10(20-2)9(14)5-8/h3-5,7H,6H2,1-2H3,(H,15,17,18). The number of carbonyl (C=O) groups excluding carboxylic acids is 3. The van der Waals surface area contributed by atoms with Crippen LogP contribution in [0.1, 0.15) is 17.3 Å². The third-order valence-electron chi connectivity index (χ3n) is 3.08. The van der Waals surface area contributed by atoms with Gasteiger partial charge in [-0.05, 0) is 41.1 Å². The Morgan fingerprint density at radius 3 is 2.75 bits per heavy atom. The monoisotopic (exact) mass is 340 g/mol. The molecule has 0 spiro atoms. The second kappa shape index (κ2) is 5.62. The molecule has 2 rings (SSSR count). The molecule has 20 heavy (non-hydrogen) atoms. The molecule has 0 bridgehead atoms. The number of hydrogen-bond acceptors (Lipinski definition) is 4. The van der Waals surface area contributed by atoms with E-state index in [4.69, 9.17) is 4.74 Å². The predicted octanol–water partition coefficient (Wildman–Crippen LogP) is 0.945. The minimum atomic E-state index is -0.680. The summed E-state index contributed by atoms with van der Waals surface area (Å²) in [6.07, 6.45) is 0. The maximum atomic E-state index is 12.4. The summed E-state index contributed by atoms with van der Waals surface area (Å²) in [5.74, 6) is -0.720. The van der Waals surface area contributed by atoms with Crippen LogP contribution in [0.3, 0.4) is 0 Å². The topological polar surface area (TPSA) is 75.7 Å². The van der Waals surface area contributed by atoms with Crippen LogP contribution in [0.25, 0.3) is 0 Å². The van der Waals surface area contributed by atoms with Crippen LogP contribution in [0.2, 0.25) is 0 Å². The number of carbonyl (C=O) groups is 3. The van der Waals surface area contributed by atoms with E-state index in [-0.39, 0.29) is 12.5 Å². The summed E-state index contributed by atoms with van der Waals surface area (Å²) in [5.41, 5.74) is 0.382. The van der Waals surface area contributed by atoms with E-state index in [1.54, 1.807) is 25.1 Å².